The Morgan fingerprint density at radius 2 is 2.09 bits per heavy atom. The zero-order valence-electron chi connectivity index (χ0n) is 13.2. The second-order valence-corrected chi connectivity index (χ2v) is 8.69. The van der Waals surface area contributed by atoms with Crippen LogP contribution in [0.1, 0.15) is 6.42 Å². The van der Waals surface area contributed by atoms with Crippen molar-refractivity contribution in [2.75, 3.05) is 38.7 Å². The molecule has 0 saturated carbocycles. The molecule has 7 nitrogen and oxygen atoms in total. The lowest BCUT2D eigenvalue weighted by atomic mass is 10.3. The fraction of sp³-hybridized carbons (Fsp3) is 0.571. The molecule has 0 spiro atoms. The molecule has 1 saturated heterocycles. The van der Waals surface area contributed by atoms with E-state index in [0.717, 1.165) is 12.2 Å². The fourth-order valence-corrected chi connectivity index (χ4v) is 5.61. The van der Waals surface area contributed by atoms with E-state index in [2.05, 4.69) is 0 Å². The molecule has 1 fully saturated rings. The number of likely N-dealkylation sites (N-methyl/N-ethyl adjacent to an activating group) is 1. The van der Waals surface area contributed by atoms with Gasteiger partial charge in [-0.15, -0.1) is 0 Å². The van der Waals surface area contributed by atoms with Gasteiger partial charge in [-0.25, -0.2) is 8.42 Å². The van der Waals surface area contributed by atoms with Gasteiger partial charge in [-0.05, 0) is 32.3 Å². The number of benzene rings is 1. The molecule has 1 unspecified atom stereocenters. The van der Waals surface area contributed by atoms with Crippen molar-refractivity contribution in [1.29, 1.82) is 0 Å². The number of rotatable bonds is 5. The minimum atomic E-state index is -3.90. The highest BCUT2D eigenvalue weighted by molar-refractivity contribution is 7.99. The Bertz CT molecular complexity index is 664. The Morgan fingerprint density at radius 1 is 1.39 bits per heavy atom. The lowest BCUT2D eigenvalue weighted by molar-refractivity contribution is -0.387. The van der Waals surface area contributed by atoms with E-state index < -0.39 is 14.9 Å². The molecular formula is C14H21N3O4S2. The van der Waals surface area contributed by atoms with Crippen LogP contribution in [0.5, 0.6) is 0 Å². The summed E-state index contributed by atoms with van der Waals surface area (Å²) < 4.78 is 27.5. The van der Waals surface area contributed by atoms with Crippen molar-refractivity contribution >= 4 is 27.5 Å². The van der Waals surface area contributed by atoms with Gasteiger partial charge >= 0.3 is 0 Å². The van der Waals surface area contributed by atoms with Crippen molar-refractivity contribution in [2.45, 2.75) is 17.4 Å². The Kier molecular flexibility index (Phi) is 6.01. The van der Waals surface area contributed by atoms with Crippen molar-refractivity contribution in [3.63, 3.8) is 0 Å². The smallest absolute Gasteiger partial charge is 0.289 e. The lowest BCUT2D eigenvalue weighted by Crippen LogP contribution is -2.46. The minimum Gasteiger partial charge on any atom is -0.308 e. The van der Waals surface area contributed by atoms with Gasteiger partial charge in [-0.3, -0.25) is 10.1 Å². The molecule has 1 aromatic rings. The molecule has 0 bridgehead atoms. The van der Waals surface area contributed by atoms with Gasteiger partial charge in [0.15, 0.2) is 4.90 Å². The molecule has 128 valence electrons. The highest BCUT2D eigenvalue weighted by Crippen LogP contribution is 2.30. The number of para-hydroxylation sites is 1. The first kappa shape index (κ1) is 18.2. The summed E-state index contributed by atoms with van der Waals surface area (Å²) >= 11 is 1.72. The summed E-state index contributed by atoms with van der Waals surface area (Å²) in [4.78, 5) is 12.3. The molecule has 0 radical (unpaired) electrons. The third kappa shape index (κ3) is 4.23. The molecule has 0 aliphatic carbocycles. The van der Waals surface area contributed by atoms with Gasteiger partial charge < -0.3 is 4.90 Å². The van der Waals surface area contributed by atoms with Crippen molar-refractivity contribution in [3.05, 3.63) is 34.4 Å². The number of hydrogen-bond acceptors (Lipinski definition) is 6. The van der Waals surface area contributed by atoms with Crippen LogP contribution >= 0.6 is 11.8 Å². The number of nitro groups is 1. The van der Waals surface area contributed by atoms with E-state index in [1.807, 2.05) is 19.0 Å². The van der Waals surface area contributed by atoms with E-state index in [4.69, 9.17) is 0 Å². The number of sulfonamides is 1. The molecule has 1 aromatic carbocycles. The first-order valence-electron chi connectivity index (χ1n) is 7.32. The maximum absolute atomic E-state index is 13.1. The van der Waals surface area contributed by atoms with Gasteiger partial charge in [0.05, 0.1) is 4.92 Å². The fourth-order valence-electron chi connectivity index (χ4n) is 2.64. The second-order valence-electron chi connectivity index (χ2n) is 5.69. The van der Waals surface area contributed by atoms with Crippen LogP contribution < -0.4 is 0 Å². The topological polar surface area (TPSA) is 83.8 Å². The molecule has 1 heterocycles. The maximum atomic E-state index is 13.1. The first-order valence-corrected chi connectivity index (χ1v) is 9.91. The predicted molar refractivity (Wildman–Crippen MR) is 91.3 cm³/mol. The highest BCUT2D eigenvalue weighted by atomic mass is 32.2. The van der Waals surface area contributed by atoms with Gasteiger partial charge in [0.25, 0.3) is 5.69 Å². The zero-order chi connectivity index (χ0) is 17.0. The largest absolute Gasteiger partial charge is 0.308 e. The van der Waals surface area contributed by atoms with Crippen LogP contribution in [0.25, 0.3) is 0 Å². The molecule has 1 aliphatic rings. The minimum absolute atomic E-state index is 0.192. The molecule has 0 aromatic heterocycles. The van der Waals surface area contributed by atoms with Crippen LogP contribution in [-0.2, 0) is 10.0 Å². The second kappa shape index (κ2) is 7.61. The molecule has 0 amide bonds. The Morgan fingerprint density at radius 3 is 2.74 bits per heavy atom. The van der Waals surface area contributed by atoms with Gasteiger partial charge in [0, 0.05) is 31.0 Å². The summed E-state index contributed by atoms with van der Waals surface area (Å²) in [5.41, 5.74) is -0.368. The van der Waals surface area contributed by atoms with Crippen molar-refractivity contribution < 1.29 is 13.3 Å². The van der Waals surface area contributed by atoms with Gasteiger partial charge in [-0.2, -0.15) is 16.1 Å². The molecule has 23 heavy (non-hydrogen) atoms. The third-order valence-electron chi connectivity index (χ3n) is 3.61. The molecule has 9 heteroatoms. The molecule has 2 rings (SSSR count). The van der Waals surface area contributed by atoms with Crippen LogP contribution in [0.4, 0.5) is 5.69 Å². The monoisotopic (exact) mass is 359 g/mol. The van der Waals surface area contributed by atoms with E-state index in [1.54, 1.807) is 11.8 Å². The van der Waals surface area contributed by atoms with E-state index in [-0.39, 0.29) is 16.6 Å². The quantitative estimate of drug-likeness (QED) is 0.587. The molecule has 1 aliphatic heterocycles. The molecule has 1 atom stereocenters. The molecular weight excluding hydrogens is 338 g/mol. The number of nitro benzene ring substituents is 1. The van der Waals surface area contributed by atoms with Crippen LogP contribution in [0.3, 0.4) is 0 Å². The van der Waals surface area contributed by atoms with Gasteiger partial charge in [-0.1, -0.05) is 12.1 Å². The maximum Gasteiger partial charge on any atom is 0.289 e. The van der Waals surface area contributed by atoms with Crippen LogP contribution in [0, 0.1) is 10.1 Å². The summed E-state index contributed by atoms with van der Waals surface area (Å²) in [5, 5.41) is 11.2. The Balaban J connectivity index is 2.45. The summed E-state index contributed by atoms with van der Waals surface area (Å²) in [5.74, 6) is 1.59. The van der Waals surface area contributed by atoms with Crippen LogP contribution in [-0.4, -0.2) is 67.3 Å². The highest BCUT2D eigenvalue weighted by Gasteiger charge is 2.36. The van der Waals surface area contributed by atoms with Gasteiger partial charge in [0.1, 0.15) is 0 Å². The summed E-state index contributed by atoms with van der Waals surface area (Å²) in [7, 11) is -0.116. The predicted octanol–water partition coefficient (Wildman–Crippen LogP) is 1.65. The van der Waals surface area contributed by atoms with E-state index in [1.165, 1.54) is 28.6 Å². The average molecular weight is 359 g/mol. The Hall–Kier alpha value is -1.16. The SMILES string of the molecule is CN(C)CC1CSCCCN1S(=O)(=O)c1ccccc1[N+](=O)[O-]. The number of hydrogen-bond donors (Lipinski definition) is 0. The standard InChI is InChI=1S/C14H21N3O4S2/c1-15(2)10-12-11-22-9-5-8-16(12)23(20,21)14-7-4-3-6-13(14)17(18)19/h3-4,6-7,12H,5,8-11H2,1-2H3. The van der Waals surface area contributed by atoms with Crippen molar-refractivity contribution in [3.8, 4) is 0 Å². The van der Waals surface area contributed by atoms with E-state index in [0.29, 0.717) is 18.8 Å². The van der Waals surface area contributed by atoms with Crippen molar-refractivity contribution in [2.24, 2.45) is 0 Å². The first-order chi connectivity index (χ1) is 10.8. The average Bonchev–Trinajstić information content (AvgIpc) is 2.72. The third-order valence-corrected chi connectivity index (χ3v) is 6.81. The van der Waals surface area contributed by atoms with Crippen molar-refractivity contribution in [1.82, 2.24) is 9.21 Å². The van der Waals surface area contributed by atoms with Crippen LogP contribution in [0.15, 0.2) is 29.2 Å². The number of nitrogens with zero attached hydrogens (tertiary/aromatic N) is 3. The lowest BCUT2D eigenvalue weighted by Gasteiger charge is -2.30. The summed E-state index contributed by atoms with van der Waals surface area (Å²) in [6.07, 6.45) is 0.745. The summed E-state index contributed by atoms with van der Waals surface area (Å²) in [6.45, 7) is 0.979. The summed E-state index contributed by atoms with van der Waals surface area (Å²) in [6, 6.07) is 5.36. The normalized spacial score (nSPS) is 20.4. The van der Waals surface area contributed by atoms with Gasteiger partial charge in [0.2, 0.25) is 10.0 Å². The number of thioether (sulfide) groups is 1. The zero-order valence-corrected chi connectivity index (χ0v) is 14.8. The Labute approximate surface area is 140 Å². The van der Waals surface area contributed by atoms with Crippen LogP contribution in [0.2, 0.25) is 0 Å². The van der Waals surface area contributed by atoms with E-state index >= 15 is 0 Å². The van der Waals surface area contributed by atoms with E-state index in [9.17, 15) is 18.5 Å². The molecule has 0 N–H and O–H groups in total.